The van der Waals surface area contributed by atoms with E-state index in [1.807, 2.05) is 0 Å². The normalized spacial score (nSPS) is 11.2. The zero-order valence-electron chi connectivity index (χ0n) is 12.3. The lowest BCUT2D eigenvalue weighted by Crippen LogP contribution is -2.46. The first-order chi connectivity index (χ1) is 9.53. The molecular formula is C12H18N4O5. The number of carboxylic acid groups (broad SMARTS) is 1. The van der Waals surface area contributed by atoms with Crippen LogP contribution in [0.2, 0.25) is 0 Å². The van der Waals surface area contributed by atoms with E-state index in [-0.39, 0.29) is 30.0 Å². The highest BCUT2D eigenvalue weighted by molar-refractivity contribution is 5.78. The summed E-state index contributed by atoms with van der Waals surface area (Å²) >= 11 is 0. The van der Waals surface area contributed by atoms with E-state index in [1.54, 1.807) is 13.8 Å². The Hall–Kier alpha value is -2.45. The summed E-state index contributed by atoms with van der Waals surface area (Å²) in [5.41, 5.74) is -0.517. The number of carbonyl (C=O) groups excluding carboxylic acids is 1. The highest BCUT2D eigenvalue weighted by Gasteiger charge is 2.26. The van der Waals surface area contributed by atoms with Crippen molar-refractivity contribution in [2.45, 2.75) is 46.2 Å². The molecule has 0 atom stereocenters. The molecule has 21 heavy (non-hydrogen) atoms. The van der Waals surface area contributed by atoms with E-state index >= 15 is 0 Å². The Labute approximate surface area is 121 Å². The Kier molecular flexibility index (Phi) is 4.66. The fourth-order valence-corrected chi connectivity index (χ4v) is 2.08. The van der Waals surface area contributed by atoms with Crippen LogP contribution in [0.1, 0.15) is 31.7 Å². The number of rotatable bonds is 6. The van der Waals surface area contributed by atoms with Gasteiger partial charge < -0.3 is 10.4 Å². The van der Waals surface area contributed by atoms with Crippen molar-refractivity contribution >= 4 is 17.6 Å². The van der Waals surface area contributed by atoms with Crippen molar-refractivity contribution in [1.29, 1.82) is 0 Å². The van der Waals surface area contributed by atoms with Gasteiger partial charge in [0.05, 0.1) is 11.3 Å². The highest BCUT2D eigenvalue weighted by Crippen LogP contribution is 2.21. The second-order valence-corrected chi connectivity index (χ2v) is 5.44. The van der Waals surface area contributed by atoms with Crippen molar-refractivity contribution in [2.24, 2.45) is 0 Å². The molecule has 0 aliphatic rings. The predicted molar refractivity (Wildman–Crippen MR) is 72.8 cm³/mol. The second kappa shape index (κ2) is 5.90. The molecule has 1 heterocycles. The van der Waals surface area contributed by atoms with Crippen molar-refractivity contribution < 1.29 is 19.6 Å². The minimum absolute atomic E-state index is 0.118. The lowest BCUT2D eigenvalue weighted by Gasteiger charge is -2.24. The summed E-state index contributed by atoms with van der Waals surface area (Å²) in [5, 5.41) is 26.2. The topological polar surface area (TPSA) is 127 Å². The van der Waals surface area contributed by atoms with Crippen molar-refractivity contribution in [3.8, 4) is 0 Å². The van der Waals surface area contributed by atoms with Gasteiger partial charge in [-0.2, -0.15) is 5.10 Å². The number of carboxylic acids is 1. The molecular weight excluding hydrogens is 280 g/mol. The molecule has 0 aliphatic carbocycles. The maximum Gasteiger partial charge on any atom is 0.312 e. The van der Waals surface area contributed by atoms with Crippen LogP contribution in [0.5, 0.6) is 0 Å². The first-order valence-electron chi connectivity index (χ1n) is 6.24. The lowest BCUT2D eigenvalue weighted by molar-refractivity contribution is -0.386. The number of hydrogen-bond donors (Lipinski definition) is 2. The van der Waals surface area contributed by atoms with Crippen molar-refractivity contribution in [2.75, 3.05) is 0 Å². The van der Waals surface area contributed by atoms with E-state index in [1.165, 1.54) is 18.5 Å². The summed E-state index contributed by atoms with van der Waals surface area (Å²) in [5.74, 6) is -1.48. The van der Waals surface area contributed by atoms with Crippen LogP contribution in [-0.2, 0) is 16.1 Å². The first kappa shape index (κ1) is 16.6. The number of nitrogens with one attached hydrogen (secondary N) is 1. The van der Waals surface area contributed by atoms with Crippen LogP contribution in [0.25, 0.3) is 0 Å². The largest absolute Gasteiger partial charge is 0.481 e. The van der Waals surface area contributed by atoms with Gasteiger partial charge in [-0.15, -0.1) is 0 Å². The van der Waals surface area contributed by atoms with E-state index in [0.717, 1.165) is 0 Å². The fraction of sp³-hybridized carbons (Fsp3) is 0.583. The van der Waals surface area contributed by atoms with Crippen LogP contribution in [0, 0.1) is 24.0 Å². The molecule has 1 rings (SSSR count). The molecule has 0 saturated heterocycles. The van der Waals surface area contributed by atoms with Crippen molar-refractivity contribution in [1.82, 2.24) is 15.1 Å². The predicted octanol–water partition coefficient (Wildman–Crippen LogP) is 0.778. The maximum absolute atomic E-state index is 11.9. The average Bonchev–Trinajstić information content (AvgIpc) is 2.50. The molecule has 9 nitrogen and oxygen atoms in total. The molecule has 1 aromatic heterocycles. The Balaban J connectivity index is 2.83. The molecule has 116 valence electrons. The molecule has 0 radical (unpaired) electrons. The first-order valence-corrected chi connectivity index (χ1v) is 6.24. The number of nitro groups is 1. The number of nitrogens with zero attached hydrogens (tertiary/aromatic N) is 3. The van der Waals surface area contributed by atoms with E-state index in [0.29, 0.717) is 0 Å². The third-order valence-electron chi connectivity index (χ3n) is 2.89. The SMILES string of the molecule is Cc1nn(CC(=O)NC(C)(C)CC(=O)O)c(C)c1[N+](=O)[O-]. The maximum atomic E-state index is 11.9. The summed E-state index contributed by atoms with van der Waals surface area (Å²) in [7, 11) is 0. The molecule has 0 fully saturated rings. The van der Waals surface area contributed by atoms with Gasteiger partial charge in [-0.05, 0) is 27.7 Å². The summed E-state index contributed by atoms with van der Waals surface area (Å²) in [4.78, 5) is 32.9. The number of carbonyl (C=O) groups is 2. The van der Waals surface area contributed by atoms with Crippen LogP contribution < -0.4 is 5.32 Å². The zero-order valence-corrected chi connectivity index (χ0v) is 12.3. The second-order valence-electron chi connectivity index (χ2n) is 5.44. The van der Waals surface area contributed by atoms with E-state index < -0.39 is 22.3 Å². The van der Waals surface area contributed by atoms with Gasteiger partial charge in [-0.1, -0.05) is 0 Å². The van der Waals surface area contributed by atoms with Crippen molar-refractivity contribution in [3.63, 3.8) is 0 Å². The minimum atomic E-state index is -1.03. The number of aliphatic carboxylic acids is 1. The molecule has 1 aromatic rings. The van der Waals surface area contributed by atoms with Gasteiger partial charge in [0, 0.05) is 5.54 Å². The summed E-state index contributed by atoms with van der Waals surface area (Å²) in [6, 6.07) is 0. The summed E-state index contributed by atoms with van der Waals surface area (Å²) in [6.45, 7) is 5.97. The smallest absolute Gasteiger partial charge is 0.312 e. The molecule has 0 aromatic carbocycles. The Bertz CT molecular complexity index is 591. The molecule has 1 amide bonds. The third kappa shape index (κ3) is 4.26. The lowest BCUT2D eigenvalue weighted by atomic mass is 10.0. The van der Waals surface area contributed by atoms with Crippen LogP contribution in [0.4, 0.5) is 5.69 Å². The highest BCUT2D eigenvalue weighted by atomic mass is 16.6. The van der Waals surface area contributed by atoms with Crippen LogP contribution >= 0.6 is 0 Å². The van der Waals surface area contributed by atoms with Gasteiger partial charge >= 0.3 is 11.7 Å². The van der Waals surface area contributed by atoms with Crippen LogP contribution in [-0.4, -0.2) is 37.2 Å². The van der Waals surface area contributed by atoms with Crippen LogP contribution in [0.3, 0.4) is 0 Å². The number of hydrogen-bond acceptors (Lipinski definition) is 5. The number of aromatic nitrogens is 2. The van der Waals surface area contributed by atoms with E-state index in [9.17, 15) is 19.7 Å². The molecule has 9 heteroatoms. The molecule has 0 aliphatic heterocycles. The molecule has 0 unspecified atom stereocenters. The fourth-order valence-electron chi connectivity index (χ4n) is 2.08. The van der Waals surface area contributed by atoms with E-state index in [2.05, 4.69) is 10.4 Å². The van der Waals surface area contributed by atoms with Crippen molar-refractivity contribution in [3.05, 3.63) is 21.5 Å². The Morgan fingerprint density at radius 1 is 1.43 bits per heavy atom. The number of amides is 1. The summed E-state index contributed by atoms with van der Waals surface area (Å²) < 4.78 is 1.24. The van der Waals surface area contributed by atoms with Crippen LogP contribution in [0.15, 0.2) is 0 Å². The van der Waals surface area contributed by atoms with Gasteiger partial charge in [0.15, 0.2) is 0 Å². The molecule has 0 spiro atoms. The standard InChI is InChI=1S/C12H18N4O5/c1-7-11(16(20)21)8(2)15(14-7)6-9(17)13-12(3,4)5-10(18)19/h5-6H2,1-4H3,(H,13,17)(H,18,19). The van der Waals surface area contributed by atoms with Gasteiger partial charge in [0.2, 0.25) is 5.91 Å². The molecule has 0 bridgehead atoms. The third-order valence-corrected chi connectivity index (χ3v) is 2.89. The minimum Gasteiger partial charge on any atom is -0.481 e. The monoisotopic (exact) mass is 298 g/mol. The number of aryl methyl sites for hydroxylation is 1. The Morgan fingerprint density at radius 3 is 2.43 bits per heavy atom. The van der Waals surface area contributed by atoms with Gasteiger partial charge in [-0.25, -0.2) is 0 Å². The quantitative estimate of drug-likeness (QED) is 0.590. The zero-order chi connectivity index (χ0) is 16.4. The van der Waals surface area contributed by atoms with E-state index in [4.69, 9.17) is 5.11 Å². The molecule has 2 N–H and O–H groups in total. The Morgan fingerprint density at radius 2 is 2.00 bits per heavy atom. The van der Waals surface area contributed by atoms with Gasteiger partial charge in [0.25, 0.3) is 0 Å². The molecule has 0 saturated carbocycles. The van der Waals surface area contributed by atoms with Gasteiger partial charge in [0.1, 0.15) is 17.9 Å². The average molecular weight is 298 g/mol. The summed E-state index contributed by atoms with van der Waals surface area (Å²) in [6.07, 6.45) is -0.226. The van der Waals surface area contributed by atoms with Gasteiger partial charge in [-0.3, -0.25) is 24.4 Å².